The first kappa shape index (κ1) is 18.6. The average Bonchev–Trinajstić information content (AvgIpc) is 2.91. The van der Waals surface area contributed by atoms with E-state index in [1.165, 1.54) is 18.3 Å². The number of rotatable bonds is 8. The van der Waals surface area contributed by atoms with E-state index in [0.717, 1.165) is 35.9 Å². The van der Waals surface area contributed by atoms with Crippen molar-refractivity contribution in [2.24, 2.45) is 0 Å². The molecule has 0 bridgehead atoms. The lowest BCUT2D eigenvalue weighted by atomic mass is 10.0. The van der Waals surface area contributed by atoms with Crippen LogP contribution in [-0.4, -0.2) is 32.2 Å². The summed E-state index contributed by atoms with van der Waals surface area (Å²) in [7, 11) is -3.39. The van der Waals surface area contributed by atoms with E-state index in [9.17, 15) is 13.2 Å². The number of hydrogen-bond donors (Lipinski definition) is 1. The van der Waals surface area contributed by atoms with Crippen LogP contribution in [0.3, 0.4) is 0 Å². The molecule has 0 fully saturated rings. The summed E-state index contributed by atoms with van der Waals surface area (Å²) in [4.78, 5) is 15.4. The molecule has 0 aliphatic carbocycles. The van der Waals surface area contributed by atoms with Crippen LogP contribution < -0.4 is 5.32 Å². The summed E-state index contributed by atoms with van der Waals surface area (Å²) in [5.74, 6) is -0.125. The van der Waals surface area contributed by atoms with E-state index < -0.39 is 10.1 Å². The highest BCUT2D eigenvalue weighted by Gasteiger charge is 2.05. The number of hydrogen-bond acceptors (Lipinski definition) is 6. The maximum absolute atomic E-state index is 11.0. The zero-order valence-electron chi connectivity index (χ0n) is 13.6. The summed E-state index contributed by atoms with van der Waals surface area (Å²) in [6.07, 6.45) is 3.19. The van der Waals surface area contributed by atoms with Crippen LogP contribution >= 0.6 is 11.3 Å². The molecular formula is C16H20N2O4S2. The second kappa shape index (κ2) is 8.36. The molecule has 1 aromatic carbocycles. The monoisotopic (exact) mass is 368 g/mol. The Hall–Kier alpha value is -1.77. The van der Waals surface area contributed by atoms with E-state index in [2.05, 4.69) is 10.3 Å². The van der Waals surface area contributed by atoms with Gasteiger partial charge in [0.15, 0.2) is 5.13 Å². The van der Waals surface area contributed by atoms with Crippen LogP contribution in [0.1, 0.15) is 23.7 Å². The Bertz CT molecular complexity index is 800. The van der Waals surface area contributed by atoms with Gasteiger partial charge >= 0.3 is 0 Å². The van der Waals surface area contributed by atoms with Gasteiger partial charge in [-0.1, -0.05) is 24.3 Å². The number of carbonyl (C=O) groups is 1. The van der Waals surface area contributed by atoms with Crippen molar-refractivity contribution in [1.82, 2.24) is 4.98 Å². The molecule has 0 saturated heterocycles. The SMILES string of the molecule is CC(=O)Nc1nc(CCc2cccc(CCOS(C)(=O)=O)c2)cs1. The minimum atomic E-state index is -3.39. The Kier molecular flexibility index (Phi) is 6.47. The number of thiazole rings is 1. The van der Waals surface area contributed by atoms with E-state index in [0.29, 0.717) is 11.6 Å². The highest BCUT2D eigenvalue weighted by Crippen LogP contribution is 2.17. The first-order chi connectivity index (χ1) is 11.3. The molecule has 24 heavy (non-hydrogen) atoms. The highest BCUT2D eigenvalue weighted by atomic mass is 32.2. The lowest BCUT2D eigenvalue weighted by Crippen LogP contribution is -2.06. The third-order valence-corrected chi connectivity index (χ3v) is 4.59. The predicted molar refractivity (Wildman–Crippen MR) is 94.8 cm³/mol. The van der Waals surface area contributed by atoms with Crippen molar-refractivity contribution < 1.29 is 17.4 Å². The van der Waals surface area contributed by atoms with Gasteiger partial charge in [-0.3, -0.25) is 8.98 Å². The second-order valence-electron chi connectivity index (χ2n) is 5.42. The maximum atomic E-state index is 11.0. The van der Waals surface area contributed by atoms with Crippen LogP contribution in [0, 0.1) is 0 Å². The molecule has 2 aromatic rings. The fraction of sp³-hybridized carbons (Fsp3) is 0.375. The second-order valence-corrected chi connectivity index (χ2v) is 7.92. The van der Waals surface area contributed by atoms with Gasteiger partial charge in [-0.05, 0) is 30.4 Å². The van der Waals surface area contributed by atoms with Gasteiger partial charge in [0.05, 0.1) is 18.6 Å². The van der Waals surface area contributed by atoms with Crippen molar-refractivity contribution in [1.29, 1.82) is 0 Å². The molecule has 1 N–H and O–H groups in total. The molecule has 0 atom stereocenters. The number of anilines is 1. The standard InChI is InChI=1S/C16H20N2O4S2/c1-12(19)17-16-18-15(11-23-16)7-6-13-4-3-5-14(10-13)8-9-22-24(2,20)21/h3-5,10-11H,6-9H2,1-2H3,(H,17,18,19). The van der Waals surface area contributed by atoms with Crippen molar-refractivity contribution in [2.75, 3.05) is 18.2 Å². The van der Waals surface area contributed by atoms with Gasteiger partial charge < -0.3 is 5.32 Å². The van der Waals surface area contributed by atoms with Crippen LogP contribution in [0.4, 0.5) is 5.13 Å². The number of nitrogens with one attached hydrogen (secondary N) is 1. The first-order valence-electron chi connectivity index (χ1n) is 7.46. The Balaban J connectivity index is 1.87. The normalized spacial score (nSPS) is 11.4. The van der Waals surface area contributed by atoms with Gasteiger partial charge in [0.2, 0.25) is 5.91 Å². The summed E-state index contributed by atoms with van der Waals surface area (Å²) in [5, 5.41) is 5.23. The minimum Gasteiger partial charge on any atom is -0.302 e. The molecule has 8 heteroatoms. The van der Waals surface area contributed by atoms with E-state index >= 15 is 0 Å². The maximum Gasteiger partial charge on any atom is 0.264 e. The number of nitrogens with zero attached hydrogens (tertiary/aromatic N) is 1. The number of carbonyl (C=O) groups excluding carboxylic acids is 1. The summed E-state index contributed by atoms with van der Waals surface area (Å²) < 4.78 is 26.7. The fourth-order valence-corrected chi connectivity index (χ4v) is 3.33. The number of aryl methyl sites for hydroxylation is 2. The van der Waals surface area contributed by atoms with Crippen LogP contribution in [0.15, 0.2) is 29.6 Å². The first-order valence-corrected chi connectivity index (χ1v) is 10.2. The largest absolute Gasteiger partial charge is 0.302 e. The van der Waals surface area contributed by atoms with Crippen LogP contribution in [0.2, 0.25) is 0 Å². The van der Waals surface area contributed by atoms with Crippen molar-refractivity contribution in [3.8, 4) is 0 Å². The predicted octanol–water partition coefficient (Wildman–Crippen LogP) is 2.41. The number of benzene rings is 1. The van der Waals surface area contributed by atoms with Crippen molar-refractivity contribution in [3.05, 3.63) is 46.5 Å². The molecule has 2 rings (SSSR count). The van der Waals surface area contributed by atoms with Gasteiger partial charge in [0.1, 0.15) is 0 Å². The molecule has 0 aliphatic heterocycles. The molecular weight excluding hydrogens is 348 g/mol. The van der Waals surface area contributed by atoms with Crippen molar-refractivity contribution >= 4 is 32.5 Å². The third-order valence-electron chi connectivity index (χ3n) is 3.18. The molecule has 0 unspecified atom stereocenters. The lowest BCUT2D eigenvalue weighted by Gasteiger charge is -2.05. The smallest absolute Gasteiger partial charge is 0.264 e. The minimum absolute atomic E-state index is 0.125. The third kappa shape index (κ3) is 6.77. The molecule has 1 amide bonds. The van der Waals surface area contributed by atoms with E-state index in [1.54, 1.807) is 0 Å². The lowest BCUT2D eigenvalue weighted by molar-refractivity contribution is -0.114. The molecule has 0 spiro atoms. The Labute approximate surface area is 146 Å². The van der Waals surface area contributed by atoms with Gasteiger partial charge in [0.25, 0.3) is 10.1 Å². The van der Waals surface area contributed by atoms with Crippen molar-refractivity contribution in [2.45, 2.75) is 26.2 Å². The Morgan fingerprint density at radius 1 is 1.25 bits per heavy atom. The Morgan fingerprint density at radius 2 is 1.96 bits per heavy atom. The summed E-state index contributed by atoms with van der Waals surface area (Å²) in [5.41, 5.74) is 3.13. The Morgan fingerprint density at radius 3 is 2.62 bits per heavy atom. The van der Waals surface area contributed by atoms with E-state index in [4.69, 9.17) is 4.18 Å². The summed E-state index contributed by atoms with van der Waals surface area (Å²) in [6, 6.07) is 7.98. The number of amides is 1. The highest BCUT2D eigenvalue weighted by molar-refractivity contribution is 7.85. The number of aromatic nitrogens is 1. The molecule has 1 heterocycles. The van der Waals surface area contributed by atoms with Crippen LogP contribution in [-0.2, 0) is 38.4 Å². The van der Waals surface area contributed by atoms with Gasteiger partial charge in [-0.2, -0.15) is 8.42 Å². The van der Waals surface area contributed by atoms with Gasteiger partial charge in [-0.25, -0.2) is 4.98 Å². The summed E-state index contributed by atoms with van der Waals surface area (Å²) >= 11 is 1.41. The topological polar surface area (TPSA) is 85.4 Å². The molecule has 0 aliphatic rings. The summed E-state index contributed by atoms with van der Waals surface area (Å²) in [6.45, 7) is 1.61. The van der Waals surface area contributed by atoms with Crippen molar-refractivity contribution in [3.63, 3.8) is 0 Å². The fourth-order valence-electron chi connectivity index (χ4n) is 2.15. The molecule has 0 radical (unpaired) electrons. The van der Waals surface area contributed by atoms with Crippen LogP contribution in [0.25, 0.3) is 0 Å². The molecule has 0 saturated carbocycles. The molecule has 6 nitrogen and oxygen atoms in total. The van der Waals surface area contributed by atoms with E-state index in [1.807, 2.05) is 29.6 Å². The zero-order valence-corrected chi connectivity index (χ0v) is 15.2. The van der Waals surface area contributed by atoms with Gasteiger partial charge in [-0.15, -0.1) is 11.3 Å². The molecule has 130 valence electrons. The van der Waals surface area contributed by atoms with Gasteiger partial charge in [0, 0.05) is 12.3 Å². The average molecular weight is 368 g/mol. The quantitative estimate of drug-likeness (QED) is 0.723. The zero-order chi connectivity index (χ0) is 17.6. The van der Waals surface area contributed by atoms with E-state index in [-0.39, 0.29) is 12.5 Å². The molecule has 1 aromatic heterocycles. The van der Waals surface area contributed by atoms with Crippen LogP contribution in [0.5, 0.6) is 0 Å².